The summed E-state index contributed by atoms with van der Waals surface area (Å²) < 4.78 is 0. The monoisotopic (exact) mass is 200 g/mol. The first-order chi connectivity index (χ1) is 6.09. The number of nitrogens with one attached hydrogen (secondary N) is 1. The number of nitrogens with zero attached hydrogens (tertiary/aromatic N) is 3. The van der Waals surface area contributed by atoms with Gasteiger partial charge in [-0.15, -0.1) is 0 Å². The molecule has 13 heavy (non-hydrogen) atoms. The molecule has 1 fully saturated rings. The van der Waals surface area contributed by atoms with E-state index in [1.807, 2.05) is 19.0 Å². The minimum atomic E-state index is 0.655. The second-order valence-corrected chi connectivity index (χ2v) is 3.86. The maximum Gasteiger partial charge on any atom is 0.189 e. The van der Waals surface area contributed by atoms with Gasteiger partial charge in [-0.1, -0.05) is 0 Å². The summed E-state index contributed by atoms with van der Waals surface area (Å²) in [6.07, 6.45) is 1.04. The molecular weight excluding hydrogens is 184 g/mol. The third-order valence-corrected chi connectivity index (χ3v) is 2.41. The molecular formula is C8H16N4S. The Kier molecular flexibility index (Phi) is 3.62. The Morgan fingerprint density at radius 3 is 2.77 bits per heavy atom. The summed E-state index contributed by atoms with van der Waals surface area (Å²) in [5, 5.41) is 4.89. The zero-order chi connectivity index (χ0) is 9.84. The first-order valence-electron chi connectivity index (χ1n) is 4.31. The van der Waals surface area contributed by atoms with Gasteiger partial charge < -0.3 is 9.80 Å². The second kappa shape index (κ2) is 4.53. The van der Waals surface area contributed by atoms with E-state index >= 15 is 0 Å². The normalized spacial score (nSPS) is 20.7. The van der Waals surface area contributed by atoms with Crippen molar-refractivity contribution in [2.75, 3.05) is 34.2 Å². The predicted molar refractivity (Wildman–Crippen MR) is 59.0 cm³/mol. The topological polar surface area (TPSA) is 30.9 Å². The molecule has 4 nitrogen and oxygen atoms in total. The number of hydrogen-bond acceptors (Lipinski definition) is 3. The van der Waals surface area contributed by atoms with Gasteiger partial charge in [-0.3, -0.25) is 5.43 Å². The lowest BCUT2D eigenvalue weighted by atomic mass is 10.3. The third kappa shape index (κ3) is 3.28. The lowest BCUT2D eigenvalue weighted by molar-refractivity contribution is 0.428. The van der Waals surface area contributed by atoms with Gasteiger partial charge in [-0.2, -0.15) is 5.10 Å². The van der Waals surface area contributed by atoms with Crippen LogP contribution in [0.1, 0.15) is 6.42 Å². The van der Waals surface area contributed by atoms with Crippen LogP contribution < -0.4 is 5.43 Å². The molecule has 1 heterocycles. The smallest absolute Gasteiger partial charge is 0.189 e. The van der Waals surface area contributed by atoms with Gasteiger partial charge in [-0.25, -0.2) is 0 Å². The van der Waals surface area contributed by atoms with Crippen molar-refractivity contribution in [1.82, 2.24) is 15.2 Å². The van der Waals surface area contributed by atoms with Crippen LogP contribution in [-0.2, 0) is 0 Å². The number of likely N-dealkylation sites (tertiary alicyclic amines) is 1. The summed E-state index contributed by atoms with van der Waals surface area (Å²) in [6.45, 7) is 2.04. The Labute approximate surface area is 84.6 Å². The van der Waals surface area contributed by atoms with Gasteiger partial charge in [-0.05, 0) is 19.3 Å². The zero-order valence-electron chi connectivity index (χ0n) is 8.37. The minimum Gasteiger partial charge on any atom is -0.354 e. The van der Waals surface area contributed by atoms with Crippen molar-refractivity contribution in [3.63, 3.8) is 0 Å². The average Bonchev–Trinajstić information content (AvgIpc) is 2.47. The average molecular weight is 200 g/mol. The van der Waals surface area contributed by atoms with Crippen LogP contribution >= 0.6 is 12.2 Å². The third-order valence-electron chi connectivity index (χ3n) is 1.95. The molecule has 0 atom stereocenters. The van der Waals surface area contributed by atoms with Gasteiger partial charge in [0.05, 0.1) is 5.71 Å². The lowest BCUT2D eigenvalue weighted by Gasteiger charge is -2.12. The Balaban J connectivity index is 2.36. The molecule has 74 valence electrons. The van der Waals surface area contributed by atoms with Crippen molar-refractivity contribution >= 4 is 23.0 Å². The molecule has 1 aliphatic rings. The Bertz CT molecular complexity index is 224. The fourth-order valence-corrected chi connectivity index (χ4v) is 1.15. The standard InChI is InChI=1S/C8H16N4S/c1-11(2)8(13)10-9-7-4-5-12(3)6-7/h4-6H2,1-3H3,(H,10,13)/b9-7-. The largest absolute Gasteiger partial charge is 0.354 e. The van der Waals surface area contributed by atoms with Crippen LogP contribution in [0.15, 0.2) is 5.10 Å². The van der Waals surface area contributed by atoms with E-state index in [0.717, 1.165) is 19.5 Å². The van der Waals surface area contributed by atoms with Crippen LogP contribution in [0.25, 0.3) is 0 Å². The molecule has 0 aromatic rings. The van der Waals surface area contributed by atoms with E-state index in [1.54, 1.807) is 0 Å². The number of rotatable bonds is 1. The summed E-state index contributed by atoms with van der Waals surface area (Å²) in [5.74, 6) is 0. The first-order valence-corrected chi connectivity index (χ1v) is 4.71. The molecule has 0 amide bonds. The second-order valence-electron chi connectivity index (χ2n) is 3.48. The van der Waals surface area contributed by atoms with Gasteiger partial charge in [0.1, 0.15) is 0 Å². The van der Waals surface area contributed by atoms with Crippen molar-refractivity contribution < 1.29 is 0 Å². The Morgan fingerprint density at radius 1 is 1.62 bits per heavy atom. The van der Waals surface area contributed by atoms with E-state index < -0.39 is 0 Å². The predicted octanol–water partition coefficient (Wildman–Crippen LogP) is 0.114. The SMILES string of the molecule is CN1CC/C(=N/NC(=S)N(C)C)C1. The van der Waals surface area contributed by atoms with E-state index in [4.69, 9.17) is 12.2 Å². The molecule has 0 unspecified atom stereocenters. The molecule has 0 saturated carbocycles. The van der Waals surface area contributed by atoms with Crippen LogP contribution in [0, 0.1) is 0 Å². The minimum absolute atomic E-state index is 0.655. The quantitative estimate of drug-likeness (QED) is 0.481. The zero-order valence-corrected chi connectivity index (χ0v) is 9.19. The van der Waals surface area contributed by atoms with Crippen LogP contribution in [0.2, 0.25) is 0 Å². The Hall–Kier alpha value is -0.680. The molecule has 1 aliphatic heterocycles. The molecule has 0 aromatic heterocycles. The fourth-order valence-electron chi connectivity index (χ4n) is 1.11. The van der Waals surface area contributed by atoms with Gasteiger partial charge in [0.2, 0.25) is 0 Å². The highest BCUT2D eigenvalue weighted by atomic mass is 32.1. The summed E-state index contributed by atoms with van der Waals surface area (Å²) in [4.78, 5) is 4.07. The van der Waals surface area contributed by atoms with Crippen molar-refractivity contribution in [1.29, 1.82) is 0 Å². The molecule has 0 aliphatic carbocycles. The number of hydrogen-bond donors (Lipinski definition) is 1. The van der Waals surface area contributed by atoms with E-state index in [1.165, 1.54) is 5.71 Å². The summed E-state index contributed by atoms with van der Waals surface area (Å²) in [6, 6.07) is 0. The Morgan fingerprint density at radius 2 is 2.31 bits per heavy atom. The summed E-state index contributed by atoms with van der Waals surface area (Å²) >= 11 is 5.04. The molecule has 0 spiro atoms. The van der Waals surface area contributed by atoms with Crippen LogP contribution in [0.5, 0.6) is 0 Å². The van der Waals surface area contributed by atoms with Crippen molar-refractivity contribution in [3.8, 4) is 0 Å². The highest BCUT2D eigenvalue weighted by molar-refractivity contribution is 7.80. The maximum absolute atomic E-state index is 5.04. The molecule has 0 radical (unpaired) electrons. The van der Waals surface area contributed by atoms with Crippen LogP contribution in [0.3, 0.4) is 0 Å². The highest BCUT2D eigenvalue weighted by Crippen LogP contribution is 2.01. The fraction of sp³-hybridized carbons (Fsp3) is 0.750. The summed E-state index contributed by atoms with van der Waals surface area (Å²) in [7, 11) is 5.89. The van der Waals surface area contributed by atoms with Gasteiger partial charge in [0.15, 0.2) is 5.11 Å². The molecule has 1 N–H and O–H groups in total. The summed E-state index contributed by atoms with van der Waals surface area (Å²) in [5.41, 5.74) is 4.04. The van der Waals surface area contributed by atoms with Crippen molar-refractivity contribution in [3.05, 3.63) is 0 Å². The molecule has 0 bridgehead atoms. The number of hydrazone groups is 1. The van der Waals surface area contributed by atoms with Gasteiger partial charge in [0.25, 0.3) is 0 Å². The van der Waals surface area contributed by atoms with Crippen LogP contribution in [0.4, 0.5) is 0 Å². The van der Waals surface area contributed by atoms with E-state index in [9.17, 15) is 0 Å². The van der Waals surface area contributed by atoms with Gasteiger partial charge >= 0.3 is 0 Å². The van der Waals surface area contributed by atoms with Crippen molar-refractivity contribution in [2.24, 2.45) is 5.10 Å². The molecule has 1 rings (SSSR count). The molecule has 5 heteroatoms. The lowest BCUT2D eigenvalue weighted by Crippen LogP contribution is -2.31. The highest BCUT2D eigenvalue weighted by Gasteiger charge is 2.13. The molecule has 1 saturated heterocycles. The molecule has 0 aromatic carbocycles. The van der Waals surface area contributed by atoms with Crippen LogP contribution in [-0.4, -0.2) is 54.9 Å². The maximum atomic E-state index is 5.04. The number of thiocarbonyl (C=S) groups is 1. The van der Waals surface area contributed by atoms with Gasteiger partial charge in [0, 0.05) is 33.6 Å². The van der Waals surface area contributed by atoms with E-state index in [2.05, 4.69) is 22.5 Å². The van der Waals surface area contributed by atoms with E-state index in [0.29, 0.717) is 5.11 Å². The van der Waals surface area contributed by atoms with Crippen molar-refractivity contribution in [2.45, 2.75) is 6.42 Å². The first kappa shape index (κ1) is 10.4. The van der Waals surface area contributed by atoms with E-state index in [-0.39, 0.29) is 0 Å².